The minimum Gasteiger partial charge on any atom is -0.468 e. The van der Waals surface area contributed by atoms with Crippen LogP contribution in [0.15, 0.2) is 0 Å². The number of carbonyl (C=O) groups is 1. The third kappa shape index (κ3) is 4.17. The van der Waals surface area contributed by atoms with Crippen molar-refractivity contribution in [3.05, 3.63) is 0 Å². The molecule has 118 valence electrons. The molecule has 5 heteroatoms. The molecule has 1 heterocycles. The molecule has 0 aliphatic carbocycles. The van der Waals surface area contributed by atoms with Gasteiger partial charge in [-0.3, -0.25) is 4.79 Å². The molecule has 2 unspecified atom stereocenters. The molecule has 0 saturated carbocycles. The number of ether oxygens (including phenoxy) is 1. The molecule has 1 aliphatic heterocycles. The van der Waals surface area contributed by atoms with Gasteiger partial charge in [-0.1, -0.05) is 13.8 Å². The Morgan fingerprint density at radius 1 is 1.45 bits per heavy atom. The number of methoxy groups -OCH3 is 1. The lowest BCUT2D eigenvalue weighted by atomic mass is 9.83. The zero-order chi connectivity index (χ0) is 15.2. The first-order valence-electron chi connectivity index (χ1n) is 7.75. The number of carbonyl (C=O) groups excluding carboxylic acids is 1. The number of hydrogen-bond donors (Lipinski definition) is 1. The first kappa shape index (κ1) is 17.4. The summed E-state index contributed by atoms with van der Waals surface area (Å²) >= 11 is 0. The summed E-state index contributed by atoms with van der Waals surface area (Å²) in [6.45, 7) is 11.3. The standard InChI is InChI=1S/C15H31N3O2/c1-6-18(7-2)11-9-16-15(14(19)20-5)8-10-17(4)13(3)12-15/h13,16H,6-12H2,1-5H3. The van der Waals surface area contributed by atoms with Crippen LogP contribution in [0.2, 0.25) is 0 Å². The number of hydrogen-bond acceptors (Lipinski definition) is 5. The van der Waals surface area contributed by atoms with Crippen LogP contribution < -0.4 is 5.32 Å². The predicted molar refractivity (Wildman–Crippen MR) is 81.9 cm³/mol. The molecule has 0 aromatic rings. The Balaban J connectivity index is 2.63. The Morgan fingerprint density at radius 2 is 2.10 bits per heavy atom. The zero-order valence-electron chi connectivity index (χ0n) is 13.7. The van der Waals surface area contributed by atoms with Gasteiger partial charge in [-0.2, -0.15) is 0 Å². The van der Waals surface area contributed by atoms with Gasteiger partial charge in [0.2, 0.25) is 0 Å². The predicted octanol–water partition coefficient (Wildman–Crippen LogP) is 0.944. The molecule has 0 spiro atoms. The second-order valence-corrected chi connectivity index (χ2v) is 5.81. The number of nitrogens with zero attached hydrogens (tertiary/aromatic N) is 2. The van der Waals surface area contributed by atoms with Gasteiger partial charge in [0.05, 0.1) is 7.11 Å². The van der Waals surface area contributed by atoms with Crippen LogP contribution in [0.25, 0.3) is 0 Å². The number of likely N-dealkylation sites (tertiary alicyclic amines) is 1. The second kappa shape index (κ2) is 7.96. The van der Waals surface area contributed by atoms with E-state index in [1.165, 1.54) is 7.11 Å². The van der Waals surface area contributed by atoms with Crippen molar-refractivity contribution in [2.75, 3.05) is 46.9 Å². The van der Waals surface area contributed by atoms with Crippen molar-refractivity contribution in [1.29, 1.82) is 0 Å². The van der Waals surface area contributed by atoms with E-state index in [-0.39, 0.29) is 5.97 Å². The highest BCUT2D eigenvalue weighted by Crippen LogP contribution is 2.27. The van der Waals surface area contributed by atoms with Gasteiger partial charge >= 0.3 is 5.97 Å². The van der Waals surface area contributed by atoms with Crippen LogP contribution in [0.1, 0.15) is 33.6 Å². The van der Waals surface area contributed by atoms with Crippen molar-refractivity contribution in [1.82, 2.24) is 15.1 Å². The van der Waals surface area contributed by atoms with Gasteiger partial charge < -0.3 is 19.9 Å². The van der Waals surface area contributed by atoms with E-state index < -0.39 is 5.54 Å². The summed E-state index contributed by atoms with van der Waals surface area (Å²) in [5, 5.41) is 3.49. The Bertz CT molecular complexity index is 307. The van der Waals surface area contributed by atoms with Crippen LogP contribution in [0.4, 0.5) is 0 Å². The molecule has 0 radical (unpaired) electrons. The number of nitrogens with one attached hydrogen (secondary N) is 1. The van der Waals surface area contributed by atoms with Crippen molar-refractivity contribution in [3.63, 3.8) is 0 Å². The fourth-order valence-electron chi connectivity index (χ4n) is 2.96. The molecule has 1 N–H and O–H groups in total. The van der Waals surface area contributed by atoms with Crippen molar-refractivity contribution in [3.8, 4) is 0 Å². The highest BCUT2D eigenvalue weighted by molar-refractivity contribution is 5.81. The maximum atomic E-state index is 12.2. The molecule has 0 amide bonds. The molecule has 0 aromatic carbocycles. The summed E-state index contributed by atoms with van der Waals surface area (Å²) in [4.78, 5) is 16.9. The second-order valence-electron chi connectivity index (χ2n) is 5.81. The Hall–Kier alpha value is -0.650. The fraction of sp³-hybridized carbons (Fsp3) is 0.933. The lowest BCUT2D eigenvalue weighted by Crippen LogP contribution is -2.61. The van der Waals surface area contributed by atoms with Crippen LogP contribution in [0, 0.1) is 0 Å². The third-order valence-electron chi connectivity index (χ3n) is 4.65. The smallest absolute Gasteiger partial charge is 0.326 e. The summed E-state index contributed by atoms with van der Waals surface area (Å²) in [6, 6.07) is 0.392. The van der Waals surface area contributed by atoms with Gasteiger partial charge in [0, 0.05) is 25.7 Å². The van der Waals surface area contributed by atoms with E-state index in [2.05, 4.69) is 42.9 Å². The van der Waals surface area contributed by atoms with Crippen molar-refractivity contribution >= 4 is 5.97 Å². The van der Waals surface area contributed by atoms with Gasteiger partial charge in [-0.05, 0) is 39.9 Å². The SMILES string of the molecule is CCN(CC)CCNC1(C(=O)OC)CCN(C)C(C)C1. The first-order chi connectivity index (χ1) is 9.49. The molecule has 2 atom stereocenters. The maximum absolute atomic E-state index is 12.2. The summed E-state index contributed by atoms with van der Waals surface area (Å²) in [7, 11) is 3.60. The summed E-state index contributed by atoms with van der Waals surface area (Å²) < 4.78 is 5.05. The van der Waals surface area contributed by atoms with Gasteiger partial charge in [-0.25, -0.2) is 0 Å². The van der Waals surface area contributed by atoms with E-state index in [1.54, 1.807) is 0 Å². The van der Waals surface area contributed by atoms with Crippen LogP contribution in [0.5, 0.6) is 0 Å². The molecule has 1 aliphatic rings. The molecule has 20 heavy (non-hydrogen) atoms. The van der Waals surface area contributed by atoms with E-state index in [0.717, 1.165) is 45.6 Å². The van der Waals surface area contributed by atoms with Gasteiger partial charge in [0.1, 0.15) is 5.54 Å². The van der Waals surface area contributed by atoms with Gasteiger partial charge in [-0.15, -0.1) is 0 Å². The Kier molecular flexibility index (Phi) is 6.92. The molecular weight excluding hydrogens is 254 g/mol. The minimum atomic E-state index is -0.506. The number of likely N-dealkylation sites (N-methyl/N-ethyl adjacent to an activating group) is 1. The third-order valence-corrected chi connectivity index (χ3v) is 4.65. The number of esters is 1. The van der Waals surface area contributed by atoms with Gasteiger partial charge in [0.25, 0.3) is 0 Å². The average Bonchev–Trinajstić information content (AvgIpc) is 2.46. The van der Waals surface area contributed by atoms with Crippen LogP contribution in [-0.4, -0.2) is 74.2 Å². The normalized spacial score (nSPS) is 27.8. The number of piperidine rings is 1. The average molecular weight is 285 g/mol. The maximum Gasteiger partial charge on any atom is 0.326 e. The largest absolute Gasteiger partial charge is 0.468 e. The van der Waals surface area contributed by atoms with E-state index in [4.69, 9.17) is 4.74 Å². The van der Waals surface area contributed by atoms with Crippen molar-refractivity contribution in [2.45, 2.75) is 45.2 Å². The van der Waals surface area contributed by atoms with E-state index in [0.29, 0.717) is 6.04 Å². The molecule has 0 bridgehead atoms. The molecule has 1 rings (SSSR count). The lowest BCUT2D eigenvalue weighted by molar-refractivity contribution is -0.151. The Labute approximate surface area is 123 Å². The highest BCUT2D eigenvalue weighted by Gasteiger charge is 2.43. The Morgan fingerprint density at radius 3 is 2.60 bits per heavy atom. The van der Waals surface area contributed by atoms with E-state index >= 15 is 0 Å². The lowest BCUT2D eigenvalue weighted by Gasteiger charge is -2.43. The zero-order valence-corrected chi connectivity index (χ0v) is 13.7. The fourth-order valence-corrected chi connectivity index (χ4v) is 2.96. The molecule has 5 nitrogen and oxygen atoms in total. The van der Waals surface area contributed by atoms with Crippen LogP contribution in [0.3, 0.4) is 0 Å². The van der Waals surface area contributed by atoms with Gasteiger partial charge in [0.15, 0.2) is 0 Å². The molecule has 0 aromatic heterocycles. The summed E-state index contributed by atoms with van der Waals surface area (Å²) in [5.74, 6) is -0.114. The monoisotopic (exact) mass is 285 g/mol. The number of rotatable bonds is 7. The summed E-state index contributed by atoms with van der Waals surface area (Å²) in [5.41, 5.74) is -0.506. The first-order valence-corrected chi connectivity index (χ1v) is 7.75. The molecule has 1 saturated heterocycles. The molecule has 1 fully saturated rings. The quantitative estimate of drug-likeness (QED) is 0.706. The highest BCUT2D eigenvalue weighted by atomic mass is 16.5. The van der Waals surface area contributed by atoms with Crippen LogP contribution in [-0.2, 0) is 9.53 Å². The van der Waals surface area contributed by atoms with E-state index in [1.807, 2.05) is 0 Å². The minimum absolute atomic E-state index is 0.114. The summed E-state index contributed by atoms with van der Waals surface area (Å²) in [6.07, 6.45) is 1.63. The van der Waals surface area contributed by atoms with Crippen LogP contribution >= 0.6 is 0 Å². The van der Waals surface area contributed by atoms with E-state index in [9.17, 15) is 4.79 Å². The van der Waals surface area contributed by atoms with Crippen molar-refractivity contribution < 1.29 is 9.53 Å². The van der Waals surface area contributed by atoms with Crippen molar-refractivity contribution in [2.24, 2.45) is 0 Å². The topological polar surface area (TPSA) is 44.8 Å². The molecular formula is C15H31N3O2.